The molecule has 0 radical (unpaired) electrons. The number of thioether (sulfide) groups is 1. The Morgan fingerprint density at radius 3 is 2.80 bits per heavy atom. The maximum Gasteiger partial charge on any atom is 0.259 e. The molecule has 0 saturated heterocycles. The quantitative estimate of drug-likeness (QED) is 0.646. The highest BCUT2D eigenvalue weighted by atomic mass is 35.5. The summed E-state index contributed by atoms with van der Waals surface area (Å²) in [6.45, 7) is 0. The zero-order valence-electron chi connectivity index (χ0n) is 10.00. The van der Waals surface area contributed by atoms with Crippen LogP contribution in [-0.4, -0.2) is 27.8 Å². The van der Waals surface area contributed by atoms with Crippen LogP contribution in [0.25, 0.3) is 0 Å². The van der Waals surface area contributed by atoms with E-state index in [0.717, 1.165) is 11.3 Å². The maximum atomic E-state index is 12.0. The van der Waals surface area contributed by atoms with Crippen LogP contribution in [0, 0.1) is 0 Å². The largest absolute Gasteiger partial charge is 0.369 e. The molecule has 1 heterocycles. The van der Waals surface area contributed by atoms with Gasteiger partial charge in [-0.25, -0.2) is 0 Å². The molecule has 1 aromatic heterocycles. The number of nitrogens with one attached hydrogen (secondary N) is 1. The third-order valence-electron chi connectivity index (χ3n) is 2.08. The number of rotatable bonds is 5. The molecule has 0 unspecified atom stereocenters. The predicted molar refractivity (Wildman–Crippen MR) is 79.2 cm³/mol. The number of hydrogen-bond donors (Lipinski definition) is 2. The summed E-state index contributed by atoms with van der Waals surface area (Å²) >= 11 is 8.26. The summed E-state index contributed by atoms with van der Waals surface area (Å²) < 4.78 is 0.554. The molecule has 0 aliphatic carbocycles. The molecular formula is C11H9ClN4O2S2. The molecule has 0 fully saturated rings. The second kappa shape index (κ2) is 6.69. The zero-order valence-corrected chi connectivity index (χ0v) is 12.4. The van der Waals surface area contributed by atoms with Crippen molar-refractivity contribution in [3.8, 4) is 0 Å². The zero-order chi connectivity index (χ0) is 14.5. The Balaban J connectivity index is 2.02. The molecule has 0 bridgehead atoms. The molecule has 20 heavy (non-hydrogen) atoms. The second-order valence-electron chi connectivity index (χ2n) is 3.56. The van der Waals surface area contributed by atoms with E-state index in [1.54, 1.807) is 24.3 Å². The van der Waals surface area contributed by atoms with E-state index >= 15 is 0 Å². The Morgan fingerprint density at radius 2 is 2.10 bits per heavy atom. The summed E-state index contributed by atoms with van der Waals surface area (Å²) in [5, 5.41) is 10.9. The number of hydrogen-bond acceptors (Lipinski definition) is 6. The summed E-state index contributed by atoms with van der Waals surface area (Å²) in [6.07, 6.45) is 0. The van der Waals surface area contributed by atoms with Gasteiger partial charge in [0.15, 0.2) is 4.34 Å². The molecule has 0 aliphatic rings. The van der Waals surface area contributed by atoms with E-state index in [4.69, 9.17) is 17.3 Å². The fourth-order valence-corrected chi connectivity index (χ4v) is 2.97. The van der Waals surface area contributed by atoms with Gasteiger partial charge in [0, 0.05) is 0 Å². The normalized spacial score (nSPS) is 10.2. The first-order valence-electron chi connectivity index (χ1n) is 5.37. The molecule has 2 rings (SSSR count). The summed E-state index contributed by atoms with van der Waals surface area (Å²) in [5.74, 6) is -0.683. The van der Waals surface area contributed by atoms with Gasteiger partial charge in [0.25, 0.3) is 5.91 Å². The Hall–Kier alpha value is -1.64. The first kappa shape index (κ1) is 14.8. The van der Waals surface area contributed by atoms with Crippen molar-refractivity contribution < 1.29 is 9.59 Å². The van der Waals surface area contributed by atoms with Crippen LogP contribution >= 0.6 is 34.7 Å². The number of carbonyl (C=O) groups excluding carboxylic acids is 2. The Labute approximate surface area is 127 Å². The van der Waals surface area contributed by atoms with Crippen molar-refractivity contribution in [1.29, 1.82) is 0 Å². The standard InChI is InChI=1S/C11H9ClN4O2S2/c12-7-4-2-1-3-6(7)9(18)14-10-15-16-11(20-10)19-5-8(13)17/h1-4H,5H2,(H2,13,17)(H,14,15,18). The molecule has 104 valence electrons. The van der Waals surface area contributed by atoms with Crippen LogP contribution in [0.4, 0.5) is 5.13 Å². The van der Waals surface area contributed by atoms with Crippen molar-refractivity contribution in [2.24, 2.45) is 5.73 Å². The van der Waals surface area contributed by atoms with Crippen molar-refractivity contribution in [2.75, 3.05) is 11.1 Å². The minimum atomic E-state index is -0.438. The molecule has 0 saturated carbocycles. The fourth-order valence-electron chi connectivity index (χ4n) is 1.26. The number of amides is 2. The molecule has 2 amide bonds. The molecule has 9 heteroatoms. The summed E-state index contributed by atoms with van der Waals surface area (Å²) in [7, 11) is 0. The van der Waals surface area contributed by atoms with Gasteiger partial charge in [0.1, 0.15) is 0 Å². The SMILES string of the molecule is NC(=O)CSc1nnc(NC(=O)c2ccccc2Cl)s1. The van der Waals surface area contributed by atoms with E-state index in [9.17, 15) is 9.59 Å². The van der Waals surface area contributed by atoms with Crippen LogP contribution in [0.3, 0.4) is 0 Å². The van der Waals surface area contributed by atoms with Crippen LogP contribution in [0.2, 0.25) is 5.02 Å². The van der Waals surface area contributed by atoms with E-state index in [-0.39, 0.29) is 11.7 Å². The van der Waals surface area contributed by atoms with Gasteiger partial charge in [-0.15, -0.1) is 10.2 Å². The van der Waals surface area contributed by atoms with Gasteiger partial charge in [0.05, 0.1) is 16.3 Å². The van der Waals surface area contributed by atoms with Gasteiger partial charge in [0.2, 0.25) is 11.0 Å². The van der Waals surface area contributed by atoms with Crippen molar-refractivity contribution in [2.45, 2.75) is 4.34 Å². The number of aromatic nitrogens is 2. The van der Waals surface area contributed by atoms with Crippen molar-refractivity contribution >= 4 is 51.6 Å². The number of anilines is 1. The van der Waals surface area contributed by atoms with Crippen LogP contribution in [0.15, 0.2) is 28.6 Å². The van der Waals surface area contributed by atoms with E-state index < -0.39 is 5.91 Å². The van der Waals surface area contributed by atoms with E-state index in [0.29, 0.717) is 20.1 Å². The Bertz CT molecular complexity index is 647. The average Bonchev–Trinajstić information content (AvgIpc) is 2.84. The lowest BCUT2D eigenvalue weighted by Crippen LogP contribution is -2.12. The highest BCUT2D eigenvalue weighted by molar-refractivity contribution is 8.01. The predicted octanol–water partition coefficient (Wildman–Crippen LogP) is 2.02. The monoisotopic (exact) mass is 328 g/mol. The van der Waals surface area contributed by atoms with E-state index in [2.05, 4.69) is 15.5 Å². The number of nitrogens with zero attached hydrogens (tertiary/aromatic N) is 2. The lowest BCUT2D eigenvalue weighted by atomic mass is 10.2. The summed E-state index contributed by atoms with van der Waals surface area (Å²) in [4.78, 5) is 22.6. The molecule has 2 aromatic rings. The summed E-state index contributed by atoms with van der Waals surface area (Å²) in [6, 6.07) is 6.70. The van der Waals surface area contributed by atoms with Crippen LogP contribution in [0.1, 0.15) is 10.4 Å². The average molecular weight is 329 g/mol. The minimum Gasteiger partial charge on any atom is -0.369 e. The third-order valence-corrected chi connectivity index (χ3v) is 4.41. The number of halogens is 1. The Kier molecular flexibility index (Phi) is 4.94. The molecule has 3 N–H and O–H groups in total. The molecular weight excluding hydrogens is 320 g/mol. The van der Waals surface area contributed by atoms with Gasteiger partial charge in [-0.05, 0) is 12.1 Å². The number of carbonyl (C=O) groups is 2. The van der Waals surface area contributed by atoms with Gasteiger partial charge in [-0.3, -0.25) is 14.9 Å². The molecule has 0 spiro atoms. The molecule has 6 nitrogen and oxygen atoms in total. The van der Waals surface area contributed by atoms with E-state index in [1.165, 1.54) is 11.8 Å². The third kappa shape index (κ3) is 3.92. The van der Waals surface area contributed by atoms with Gasteiger partial charge < -0.3 is 5.73 Å². The van der Waals surface area contributed by atoms with Crippen LogP contribution in [0.5, 0.6) is 0 Å². The van der Waals surface area contributed by atoms with Gasteiger partial charge in [-0.2, -0.15) is 0 Å². The van der Waals surface area contributed by atoms with Gasteiger partial charge >= 0.3 is 0 Å². The highest BCUT2D eigenvalue weighted by Crippen LogP contribution is 2.26. The van der Waals surface area contributed by atoms with E-state index in [1.807, 2.05) is 0 Å². The lowest BCUT2D eigenvalue weighted by molar-refractivity contribution is -0.115. The minimum absolute atomic E-state index is 0.118. The lowest BCUT2D eigenvalue weighted by Gasteiger charge is -2.02. The van der Waals surface area contributed by atoms with Gasteiger partial charge in [-0.1, -0.05) is 46.8 Å². The van der Waals surface area contributed by atoms with Crippen molar-refractivity contribution in [3.63, 3.8) is 0 Å². The first-order valence-corrected chi connectivity index (χ1v) is 7.55. The molecule has 0 aliphatic heterocycles. The second-order valence-corrected chi connectivity index (χ2v) is 6.17. The van der Waals surface area contributed by atoms with Crippen LogP contribution < -0.4 is 11.1 Å². The highest BCUT2D eigenvalue weighted by Gasteiger charge is 2.13. The number of benzene rings is 1. The topological polar surface area (TPSA) is 98.0 Å². The first-order chi connectivity index (χ1) is 9.56. The van der Waals surface area contributed by atoms with Crippen LogP contribution in [-0.2, 0) is 4.79 Å². The Morgan fingerprint density at radius 1 is 1.35 bits per heavy atom. The van der Waals surface area contributed by atoms with Crippen molar-refractivity contribution in [1.82, 2.24) is 10.2 Å². The molecule has 1 aromatic carbocycles. The number of nitrogens with two attached hydrogens (primary N) is 1. The molecule has 0 atom stereocenters. The number of primary amides is 1. The van der Waals surface area contributed by atoms with Crippen molar-refractivity contribution in [3.05, 3.63) is 34.9 Å². The fraction of sp³-hybridized carbons (Fsp3) is 0.0909. The smallest absolute Gasteiger partial charge is 0.259 e. The summed E-state index contributed by atoms with van der Waals surface area (Å²) in [5.41, 5.74) is 5.39. The maximum absolute atomic E-state index is 12.0.